The molecule has 3 heterocycles. The van der Waals surface area contributed by atoms with E-state index in [1.807, 2.05) is 13.1 Å². The molecule has 0 aromatic carbocycles. The van der Waals surface area contributed by atoms with Gasteiger partial charge in [-0.05, 0) is 32.6 Å². The van der Waals surface area contributed by atoms with Gasteiger partial charge in [0.25, 0.3) is 5.91 Å². The van der Waals surface area contributed by atoms with E-state index < -0.39 is 0 Å². The number of nitrogens with zero attached hydrogens (tertiary/aromatic N) is 5. The second-order valence-corrected chi connectivity index (χ2v) is 13.9. The normalized spacial score (nSPS) is 17.5. The maximum Gasteiger partial charge on any atom is 0.274 e. The minimum absolute atomic E-state index is 0.0281. The predicted octanol–water partition coefficient (Wildman–Crippen LogP) is 5.09. The van der Waals surface area contributed by atoms with Crippen molar-refractivity contribution in [1.29, 1.82) is 0 Å². The number of likely N-dealkylation sites (tertiary alicyclic amines) is 1. The van der Waals surface area contributed by atoms with Crippen molar-refractivity contribution in [2.45, 2.75) is 130 Å². The highest BCUT2D eigenvalue weighted by molar-refractivity contribution is 5.94. The second-order valence-electron chi connectivity index (χ2n) is 13.9. The number of nitrogens with two attached hydrogens (primary N) is 1. The fourth-order valence-electron chi connectivity index (χ4n) is 5.46. The number of rotatable bonds is 8. The summed E-state index contributed by atoms with van der Waals surface area (Å²) in [5, 5.41) is 9.83. The molecule has 2 unspecified atom stereocenters. The van der Waals surface area contributed by atoms with Crippen molar-refractivity contribution < 1.29 is 9.90 Å². The van der Waals surface area contributed by atoms with E-state index in [0.29, 0.717) is 24.5 Å². The third kappa shape index (κ3) is 6.83. The molecule has 216 valence electrons. The molecule has 0 spiro atoms. The summed E-state index contributed by atoms with van der Waals surface area (Å²) in [7, 11) is 0. The highest BCUT2D eigenvalue weighted by Crippen LogP contribution is 2.35. The minimum atomic E-state index is -0.334. The van der Waals surface area contributed by atoms with Crippen molar-refractivity contribution in [2.75, 3.05) is 13.2 Å². The van der Waals surface area contributed by atoms with Crippen molar-refractivity contribution >= 4 is 5.91 Å². The first-order valence-electron chi connectivity index (χ1n) is 14.4. The molecule has 3 N–H and O–H groups in total. The topological polar surface area (TPSA) is 118 Å². The van der Waals surface area contributed by atoms with Gasteiger partial charge in [-0.1, -0.05) is 62.3 Å². The van der Waals surface area contributed by atoms with Crippen LogP contribution in [0.1, 0.15) is 139 Å². The Morgan fingerprint density at radius 1 is 1.08 bits per heavy atom. The predicted molar refractivity (Wildman–Crippen MR) is 156 cm³/mol. The number of carbonyl (C=O) groups excluding carboxylic acids is 1. The van der Waals surface area contributed by atoms with E-state index in [1.54, 1.807) is 4.90 Å². The highest BCUT2D eigenvalue weighted by Gasteiger charge is 2.35. The van der Waals surface area contributed by atoms with E-state index in [4.69, 9.17) is 25.7 Å². The van der Waals surface area contributed by atoms with Gasteiger partial charge in [0.2, 0.25) is 0 Å². The van der Waals surface area contributed by atoms with Crippen LogP contribution in [-0.4, -0.2) is 55.0 Å². The van der Waals surface area contributed by atoms with Gasteiger partial charge in [-0.25, -0.2) is 4.98 Å². The maximum absolute atomic E-state index is 13.7. The summed E-state index contributed by atoms with van der Waals surface area (Å²) in [6, 6.07) is -0.153. The van der Waals surface area contributed by atoms with Gasteiger partial charge in [0.1, 0.15) is 0 Å². The van der Waals surface area contributed by atoms with Crippen LogP contribution in [0.4, 0.5) is 0 Å². The van der Waals surface area contributed by atoms with E-state index in [0.717, 1.165) is 54.2 Å². The van der Waals surface area contributed by atoms with E-state index in [-0.39, 0.29) is 40.7 Å². The second kappa shape index (κ2) is 11.6. The third-order valence-corrected chi connectivity index (χ3v) is 7.98. The van der Waals surface area contributed by atoms with Gasteiger partial charge in [-0.3, -0.25) is 19.7 Å². The van der Waals surface area contributed by atoms with Crippen molar-refractivity contribution in [2.24, 2.45) is 5.73 Å². The molecule has 39 heavy (non-hydrogen) atoms. The highest BCUT2D eigenvalue weighted by atomic mass is 16.3. The zero-order chi connectivity index (χ0) is 29.3. The largest absolute Gasteiger partial charge is 0.394 e. The smallest absolute Gasteiger partial charge is 0.274 e. The number of carbonyl (C=O) groups is 1. The van der Waals surface area contributed by atoms with E-state index in [1.165, 1.54) is 0 Å². The molecular weight excluding hydrogens is 488 g/mol. The Kier molecular flexibility index (Phi) is 9.22. The average Bonchev–Trinajstić information content (AvgIpc) is 3.34. The van der Waals surface area contributed by atoms with Gasteiger partial charge in [-0.15, -0.1) is 0 Å². The van der Waals surface area contributed by atoms with Crippen LogP contribution in [0.5, 0.6) is 0 Å². The fraction of sp³-hybridized carbons (Fsp3) is 0.710. The molecule has 3 rings (SSSR count). The van der Waals surface area contributed by atoms with Crippen molar-refractivity contribution in [3.63, 3.8) is 0 Å². The summed E-state index contributed by atoms with van der Waals surface area (Å²) >= 11 is 0. The molecule has 0 radical (unpaired) electrons. The summed E-state index contributed by atoms with van der Waals surface area (Å²) in [4.78, 5) is 35.2. The van der Waals surface area contributed by atoms with E-state index in [2.05, 4.69) is 62.3 Å². The van der Waals surface area contributed by atoms with Gasteiger partial charge >= 0.3 is 0 Å². The number of hydrogen-bond donors (Lipinski definition) is 2. The summed E-state index contributed by atoms with van der Waals surface area (Å²) in [6.45, 7) is 22.1. The number of aliphatic hydroxyl groups is 1. The molecular formula is C31H50N6O2. The number of aromatic nitrogens is 4. The Labute approximate surface area is 235 Å². The molecule has 1 aliphatic heterocycles. The SMILES string of the molecule is Cc1nc(C(C)(C)C)c(C(=O)N2CCCC2CO)nc1C(C)CCC(C)(C)c1cnc(C(C)(C)C)c(CN)n1. The first-order chi connectivity index (χ1) is 18.0. The first kappa shape index (κ1) is 31.1. The van der Waals surface area contributed by atoms with Crippen LogP contribution in [0, 0.1) is 6.92 Å². The number of hydrogen-bond acceptors (Lipinski definition) is 7. The monoisotopic (exact) mass is 538 g/mol. The fourth-order valence-corrected chi connectivity index (χ4v) is 5.46. The van der Waals surface area contributed by atoms with Gasteiger partial charge in [-0.2, -0.15) is 0 Å². The zero-order valence-electron chi connectivity index (χ0n) is 25.9. The molecule has 1 aliphatic rings. The molecule has 1 fully saturated rings. The minimum Gasteiger partial charge on any atom is -0.394 e. The van der Waals surface area contributed by atoms with Crippen LogP contribution in [0.2, 0.25) is 0 Å². The molecule has 1 amide bonds. The molecule has 8 nitrogen and oxygen atoms in total. The Hall–Kier alpha value is -2.45. The first-order valence-corrected chi connectivity index (χ1v) is 14.4. The van der Waals surface area contributed by atoms with Crippen molar-refractivity contribution in [3.8, 4) is 0 Å². The number of aryl methyl sites for hydroxylation is 1. The van der Waals surface area contributed by atoms with Gasteiger partial charge in [0.05, 0.1) is 46.8 Å². The Balaban J connectivity index is 1.89. The zero-order valence-corrected chi connectivity index (χ0v) is 25.9. The lowest BCUT2D eigenvalue weighted by atomic mass is 9.81. The van der Waals surface area contributed by atoms with E-state index in [9.17, 15) is 9.90 Å². The molecule has 0 saturated carbocycles. The average molecular weight is 539 g/mol. The van der Waals surface area contributed by atoms with Gasteiger partial charge in [0.15, 0.2) is 5.69 Å². The lowest BCUT2D eigenvalue weighted by Gasteiger charge is -2.29. The molecule has 2 atom stereocenters. The van der Waals surface area contributed by atoms with Crippen LogP contribution >= 0.6 is 0 Å². The lowest BCUT2D eigenvalue weighted by molar-refractivity contribution is 0.0667. The summed E-state index contributed by atoms with van der Waals surface area (Å²) < 4.78 is 0. The van der Waals surface area contributed by atoms with Crippen LogP contribution in [0.15, 0.2) is 6.20 Å². The molecule has 2 aromatic rings. The molecule has 1 saturated heterocycles. The van der Waals surface area contributed by atoms with E-state index >= 15 is 0 Å². The van der Waals surface area contributed by atoms with Crippen molar-refractivity contribution in [3.05, 3.63) is 46.1 Å². The van der Waals surface area contributed by atoms with Gasteiger partial charge < -0.3 is 15.7 Å². The molecule has 2 aromatic heterocycles. The Bertz CT molecular complexity index is 1180. The molecule has 0 aliphatic carbocycles. The van der Waals surface area contributed by atoms with Crippen LogP contribution in [-0.2, 0) is 22.8 Å². The van der Waals surface area contributed by atoms with Crippen LogP contribution in [0.3, 0.4) is 0 Å². The maximum atomic E-state index is 13.7. The summed E-state index contributed by atoms with van der Waals surface area (Å²) in [5.41, 5.74) is 11.0. The summed E-state index contributed by atoms with van der Waals surface area (Å²) in [6.07, 6.45) is 5.33. The van der Waals surface area contributed by atoms with Gasteiger partial charge in [0, 0.05) is 41.4 Å². The van der Waals surface area contributed by atoms with Crippen LogP contribution < -0.4 is 5.73 Å². The third-order valence-electron chi connectivity index (χ3n) is 7.98. The van der Waals surface area contributed by atoms with Crippen LogP contribution in [0.25, 0.3) is 0 Å². The summed E-state index contributed by atoms with van der Waals surface area (Å²) in [5.74, 6) is -0.0263. The standard InChI is InChI=1S/C31H50N6O2/c1-19(13-14-31(9,10)23-17-33-26(29(3,4)5)22(16-32)35-23)24-20(2)34-27(30(6,7)8)25(36-24)28(39)37-15-11-12-21(37)18-38/h17,19,21,38H,11-16,18,32H2,1-10H3. The lowest BCUT2D eigenvalue weighted by Crippen LogP contribution is -2.40. The number of amides is 1. The quantitative estimate of drug-likeness (QED) is 0.481. The molecule has 0 bridgehead atoms. The Morgan fingerprint density at radius 2 is 1.72 bits per heavy atom. The molecule has 8 heteroatoms. The number of aliphatic hydroxyl groups excluding tert-OH is 1. The Morgan fingerprint density at radius 3 is 2.28 bits per heavy atom. The van der Waals surface area contributed by atoms with Crippen molar-refractivity contribution in [1.82, 2.24) is 24.8 Å².